The first-order valence-corrected chi connectivity index (χ1v) is 10.2. The molecule has 3 aromatic heterocycles. The van der Waals surface area contributed by atoms with Crippen molar-refractivity contribution in [3.8, 4) is 0 Å². The summed E-state index contributed by atoms with van der Waals surface area (Å²) in [6.07, 6.45) is 4.09. The maximum atomic E-state index is 12.4. The molecule has 31 heavy (non-hydrogen) atoms. The van der Waals surface area contributed by atoms with Crippen LogP contribution < -0.4 is 16.0 Å². The lowest BCUT2D eigenvalue weighted by Gasteiger charge is -2.10. The molecule has 0 aliphatic carbocycles. The van der Waals surface area contributed by atoms with Gasteiger partial charge in [0, 0.05) is 49.5 Å². The summed E-state index contributed by atoms with van der Waals surface area (Å²) in [5.41, 5.74) is 2.15. The quantitative estimate of drug-likeness (QED) is 0.383. The molecule has 8 heteroatoms. The molecule has 4 rings (SSSR count). The number of amides is 1. The van der Waals surface area contributed by atoms with Crippen LogP contribution in [0.3, 0.4) is 0 Å². The van der Waals surface area contributed by atoms with Gasteiger partial charge in [0.2, 0.25) is 5.91 Å². The minimum atomic E-state index is -0.00507. The van der Waals surface area contributed by atoms with Crippen LogP contribution in [-0.2, 0) is 18.3 Å². The number of aryl methyl sites for hydroxylation is 2. The third-order valence-electron chi connectivity index (χ3n) is 4.84. The highest BCUT2D eigenvalue weighted by Gasteiger charge is 2.10. The van der Waals surface area contributed by atoms with Crippen LogP contribution in [0.25, 0.3) is 10.9 Å². The lowest BCUT2D eigenvalue weighted by Crippen LogP contribution is -2.30. The van der Waals surface area contributed by atoms with Crippen LogP contribution in [0.15, 0.2) is 60.9 Å². The molecule has 158 valence electrons. The number of hydrogen-bond donors (Lipinski definition) is 3. The number of pyridine rings is 1. The Bertz CT molecular complexity index is 1190. The molecule has 1 amide bonds. The van der Waals surface area contributed by atoms with E-state index in [1.807, 2.05) is 67.2 Å². The van der Waals surface area contributed by atoms with Gasteiger partial charge in [-0.15, -0.1) is 0 Å². The molecule has 0 saturated heterocycles. The number of rotatable bonds is 8. The molecule has 0 aliphatic heterocycles. The Labute approximate surface area is 180 Å². The van der Waals surface area contributed by atoms with Crippen LogP contribution in [0.5, 0.6) is 0 Å². The molecule has 0 bridgehead atoms. The van der Waals surface area contributed by atoms with Crippen LogP contribution in [0.4, 0.5) is 17.5 Å². The molecular formula is C23H25N7O. The molecule has 0 unspecified atom stereocenters. The van der Waals surface area contributed by atoms with Crippen molar-refractivity contribution in [1.29, 1.82) is 0 Å². The van der Waals surface area contributed by atoms with E-state index in [1.165, 1.54) is 0 Å². The fraction of sp³-hybridized carbons (Fsp3) is 0.217. The molecule has 0 aliphatic rings. The highest BCUT2D eigenvalue weighted by Crippen LogP contribution is 2.20. The molecule has 1 aromatic carbocycles. The summed E-state index contributed by atoms with van der Waals surface area (Å²) < 4.78 is 2.05. The molecule has 4 aromatic rings. The van der Waals surface area contributed by atoms with Crippen molar-refractivity contribution < 1.29 is 4.79 Å². The minimum Gasteiger partial charge on any atom is -0.368 e. The summed E-state index contributed by atoms with van der Waals surface area (Å²) in [6.45, 7) is 2.89. The first-order valence-electron chi connectivity index (χ1n) is 10.2. The number of hydrogen-bond acceptors (Lipinski definition) is 6. The second-order valence-corrected chi connectivity index (χ2v) is 7.26. The van der Waals surface area contributed by atoms with E-state index in [1.54, 1.807) is 6.20 Å². The molecular weight excluding hydrogens is 390 g/mol. The number of nitrogens with zero attached hydrogens (tertiary/aromatic N) is 4. The number of fused-ring (bicyclic) bond motifs is 1. The molecule has 0 saturated carbocycles. The van der Waals surface area contributed by atoms with E-state index in [-0.39, 0.29) is 5.91 Å². The fourth-order valence-corrected chi connectivity index (χ4v) is 3.48. The van der Waals surface area contributed by atoms with Crippen LogP contribution in [-0.4, -0.2) is 38.5 Å². The molecule has 3 N–H and O–H groups in total. The van der Waals surface area contributed by atoms with Gasteiger partial charge in [-0.25, -0.2) is 15.0 Å². The lowest BCUT2D eigenvalue weighted by atomic mass is 10.1. The third-order valence-corrected chi connectivity index (χ3v) is 4.84. The van der Waals surface area contributed by atoms with Crippen molar-refractivity contribution in [2.45, 2.75) is 13.3 Å². The second kappa shape index (κ2) is 9.25. The van der Waals surface area contributed by atoms with E-state index in [0.717, 1.165) is 16.5 Å². The Morgan fingerprint density at radius 2 is 1.81 bits per heavy atom. The second-order valence-electron chi connectivity index (χ2n) is 7.26. The Morgan fingerprint density at radius 3 is 2.65 bits per heavy atom. The van der Waals surface area contributed by atoms with Crippen molar-refractivity contribution in [1.82, 2.24) is 24.8 Å². The normalized spacial score (nSPS) is 10.8. The summed E-state index contributed by atoms with van der Waals surface area (Å²) in [7, 11) is 1.99. The minimum absolute atomic E-state index is 0.00507. The predicted octanol–water partition coefficient (Wildman–Crippen LogP) is 3.19. The molecule has 0 atom stereocenters. The van der Waals surface area contributed by atoms with Crippen molar-refractivity contribution >= 4 is 34.3 Å². The zero-order valence-electron chi connectivity index (χ0n) is 17.6. The Morgan fingerprint density at radius 1 is 1.00 bits per heavy atom. The maximum absolute atomic E-state index is 12.4. The Hall–Kier alpha value is -3.94. The number of anilines is 3. The van der Waals surface area contributed by atoms with Gasteiger partial charge in [-0.2, -0.15) is 0 Å². The third kappa shape index (κ3) is 5.16. The van der Waals surface area contributed by atoms with Crippen LogP contribution in [0.1, 0.15) is 11.4 Å². The van der Waals surface area contributed by atoms with Gasteiger partial charge < -0.3 is 20.5 Å². The average Bonchev–Trinajstić information content (AvgIpc) is 3.07. The van der Waals surface area contributed by atoms with Gasteiger partial charge in [-0.3, -0.25) is 4.79 Å². The standard InChI is InChI=1S/C23H25N7O/c1-16-27-21(14-22(28-16)29-20-9-5-6-10-24-20)25-11-12-26-23(31)13-17-15-30(2)19-8-4-3-7-18(17)19/h3-10,14-15H,11-13H2,1-2H3,(H,26,31)(H2,24,25,27,28,29). The maximum Gasteiger partial charge on any atom is 0.224 e. The van der Waals surface area contributed by atoms with Gasteiger partial charge in [0.05, 0.1) is 6.42 Å². The van der Waals surface area contributed by atoms with Crippen molar-refractivity contribution in [3.05, 3.63) is 72.3 Å². The molecule has 0 radical (unpaired) electrons. The number of nitrogens with one attached hydrogen (secondary N) is 3. The summed E-state index contributed by atoms with van der Waals surface area (Å²) in [6, 6.07) is 15.6. The first kappa shape index (κ1) is 20.3. The Balaban J connectivity index is 1.29. The van der Waals surface area contributed by atoms with Crippen LogP contribution in [0, 0.1) is 6.92 Å². The Kier molecular flexibility index (Phi) is 6.07. The van der Waals surface area contributed by atoms with Gasteiger partial charge in [-0.1, -0.05) is 24.3 Å². The van der Waals surface area contributed by atoms with E-state index in [2.05, 4.69) is 37.0 Å². The number of aromatic nitrogens is 4. The van der Waals surface area contributed by atoms with Crippen LogP contribution >= 0.6 is 0 Å². The molecule has 0 spiro atoms. The van der Waals surface area contributed by atoms with E-state index in [4.69, 9.17) is 0 Å². The lowest BCUT2D eigenvalue weighted by molar-refractivity contribution is -0.120. The van der Waals surface area contributed by atoms with Gasteiger partial charge in [0.25, 0.3) is 0 Å². The zero-order valence-corrected chi connectivity index (χ0v) is 17.6. The van der Waals surface area contributed by atoms with E-state index < -0.39 is 0 Å². The molecule has 3 heterocycles. The summed E-state index contributed by atoms with van der Waals surface area (Å²) in [4.78, 5) is 25.4. The predicted molar refractivity (Wildman–Crippen MR) is 122 cm³/mol. The van der Waals surface area contributed by atoms with Gasteiger partial charge in [-0.05, 0) is 30.7 Å². The van der Waals surface area contributed by atoms with E-state index in [9.17, 15) is 4.79 Å². The zero-order chi connectivity index (χ0) is 21.6. The topological polar surface area (TPSA) is 96.8 Å². The number of carbonyl (C=O) groups excluding carboxylic acids is 1. The van der Waals surface area contributed by atoms with Crippen LogP contribution in [0.2, 0.25) is 0 Å². The fourth-order valence-electron chi connectivity index (χ4n) is 3.48. The SMILES string of the molecule is Cc1nc(NCCNC(=O)Cc2cn(C)c3ccccc23)cc(Nc2ccccn2)n1. The summed E-state index contributed by atoms with van der Waals surface area (Å²) in [5.74, 6) is 2.70. The summed E-state index contributed by atoms with van der Waals surface area (Å²) >= 11 is 0. The summed E-state index contributed by atoms with van der Waals surface area (Å²) in [5, 5.41) is 10.5. The van der Waals surface area contributed by atoms with E-state index in [0.29, 0.717) is 42.8 Å². The molecule has 0 fully saturated rings. The highest BCUT2D eigenvalue weighted by molar-refractivity contribution is 5.89. The van der Waals surface area contributed by atoms with Crippen molar-refractivity contribution in [2.24, 2.45) is 7.05 Å². The molecule has 8 nitrogen and oxygen atoms in total. The van der Waals surface area contributed by atoms with Crippen molar-refractivity contribution in [2.75, 3.05) is 23.7 Å². The average molecular weight is 416 g/mol. The van der Waals surface area contributed by atoms with E-state index >= 15 is 0 Å². The van der Waals surface area contributed by atoms with Crippen molar-refractivity contribution in [3.63, 3.8) is 0 Å². The first-order chi connectivity index (χ1) is 15.1. The smallest absolute Gasteiger partial charge is 0.224 e. The number of benzene rings is 1. The highest BCUT2D eigenvalue weighted by atomic mass is 16.1. The van der Waals surface area contributed by atoms with Gasteiger partial charge in [0.15, 0.2) is 0 Å². The van der Waals surface area contributed by atoms with Gasteiger partial charge in [0.1, 0.15) is 23.3 Å². The van der Waals surface area contributed by atoms with Gasteiger partial charge >= 0.3 is 0 Å². The number of carbonyl (C=O) groups is 1. The monoisotopic (exact) mass is 415 g/mol. The largest absolute Gasteiger partial charge is 0.368 e. The number of para-hydroxylation sites is 1.